The lowest BCUT2D eigenvalue weighted by Gasteiger charge is -2.12. The van der Waals surface area contributed by atoms with Crippen molar-refractivity contribution >= 4 is 39.3 Å². The Bertz CT molecular complexity index is 1020. The van der Waals surface area contributed by atoms with Gasteiger partial charge >= 0.3 is 0 Å². The molecule has 1 unspecified atom stereocenters. The normalized spacial score (nSPS) is 14.8. The number of aromatic amines is 1. The van der Waals surface area contributed by atoms with Crippen LogP contribution in [-0.2, 0) is 10.8 Å². The van der Waals surface area contributed by atoms with Gasteiger partial charge < -0.3 is 20.1 Å². The molecule has 0 amide bonds. The summed E-state index contributed by atoms with van der Waals surface area (Å²) >= 11 is 0. The van der Waals surface area contributed by atoms with E-state index >= 15 is 0 Å². The smallest absolute Gasteiger partial charge is 0.231 e. The summed E-state index contributed by atoms with van der Waals surface area (Å²) in [5.41, 5.74) is 1.21. The van der Waals surface area contributed by atoms with E-state index in [0.717, 1.165) is 18.5 Å². The van der Waals surface area contributed by atoms with Crippen LogP contribution in [0.1, 0.15) is 12.8 Å². The Labute approximate surface area is 158 Å². The predicted molar refractivity (Wildman–Crippen MR) is 103 cm³/mol. The minimum atomic E-state index is -1.22. The molecule has 0 bridgehead atoms. The highest BCUT2D eigenvalue weighted by Gasteiger charge is 2.25. The van der Waals surface area contributed by atoms with Crippen LogP contribution in [0.2, 0.25) is 0 Å². The number of benzene rings is 1. The first-order valence-electron chi connectivity index (χ1n) is 8.44. The third-order valence-electron chi connectivity index (χ3n) is 4.23. The Morgan fingerprint density at radius 3 is 2.63 bits per heavy atom. The number of H-pyrrole nitrogens is 1. The van der Waals surface area contributed by atoms with E-state index in [-0.39, 0.29) is 0 Å². The van der Waals surface area contributed by atoms with Crippen LogP contribution < -0.4 is 20.1 Å². The molecule has 1 fully saturated rings. The fourth-order valence-electron chi connectivity index (χ4n) is 2.73. The second-order valence-corrected chi connectivity index (χ2v) is 7.53. The maximum absolute atomic E-state index is 12.0. The molecule has 142 valence electrons. The maximum Gasteiger partial charge on any atom is 0.231 e. The molecule has 1 saturated carbocycles. The van der Waals surface area contributed by atoms with Gasteiger partial charge in [0.25, 0.3) is 0 Å². The Morgan fingerprint density at radius 1 is 1.19 bits per heavy atom. The fraction of sp³-hybridized carbons (Fsp3) is 0.353. The SMILES string of the molecule is COc1ccc(Nc2nc(NC3CC3)c3c(S(C)=O)[nH]nc3n2)cc1OC. The molecular weight excluding hydrogens is 368 g/mol. The number of rotatable bonds is 7. The van der Waals surface area contributed by atoms with Gasteiger partial charge in [-0.2, -0.15) is 15.1 Å². The predicted octanol–water partition coefficient (Wildman–Crippen LogP) is 2.43. The number of ether oxygens (including phenoxy) is 2. The Morgan fingerprint density at radius 2 is 1.96 bits per heavy atom. The molecule has 27 heavy (non-hydrogen) atoms. The van der Waals surface area contributed by atoms with E-state index in [0.29, 0.717) is 45.4 Å². The molecule has 4 rings (SSSR count). The van der Waals surface area contributed by atoms with E-state index in [1.807, 2.05) is 6.07 Å². The third kappa shape index (κ3) is 3.52. The van der Waals surface area contributed by atoms with Crippen molar-refractivity contribution < 1.29 is 13.7 Å². The molecule has 0 saturated heterocycles. The van der Waals surface area contributed by atoms with Gasteiger partial charge in [0.2, 0.25) is 5.95 Å². The zero-order valence-corrected chi connectivity index (χ0v) is 16.0. The lowest BCUT2D eigenvalue weighted by Crippen LogP contribution is -2.07. The van der Waals surface area contributed by atoms with Crippen molar-refractivity contribution in [2.75, 3.05) is 31.1 Å². The number of methoxy groups -OCH3 is 2. The zero-order chi connectivity index (χ0) is 19.0. The summed E-state index contributed by atoms with van der Waals surface area (Å²) in [6.07, 6.45) is 3.78. The topological polar surface area (TPSA) is 114 Å². The summed E-state index contributed by atoms with van der Waals surface area (Å²) < 4.78 is 22.6. The molecule has 0 spiro atoms. The minimum absolute atomic E-state index is 0.380. The first-order chi connectivity index (χ1) is 13.1. The molecule has 0 radical (unpaired) electrons. The van der Waals surface area contributed by atoms with Gasteiger partial charge in [0, 0.05) is 24.1 Å². The molecule has 2 heterocycles. The lowest BCUT2D eigenvalue weighted by molar-refractivity contribution is 0.355. The molecule has 10 heteroatoms. The summed E-state index contributed by atoms with van der Waals surface area (Å²) in [7, 11) is 1.95. The van der Waals surface area contributed by atoms with Crippen LogP contribution in [0.25, 0.3) is 11.0 Å². The van der Waals surface area contributed by atoms with Gasteiger partial charge in [-0.3, -0.25) is 9.31 Å². The van der Waals surface area contributed by atoms with Gasteiger partial charge in [0.15, 0.2) is 17.1 Å². The van der Waals surface area contributed by atoms with E-state index in [1.54, 1.807) is 32.6 Å². The van der Waals surface area contributed by atoms with Gasteiger partial charge in [-0.1, -0.05) is 0 Å². The Kier molecular flexibility index (Phi) is 4.56. The molecule has 9 nitrogen and oxygen atoms in total. The van der Waals surface area contributed by atoms with Crippen LogP contribution in [0.15, 0.2) is 23.2 Å². The highest BCUT2D eigenvalue weighted by Crippen LogP contribution is 2.33. The van der Waals surface area contributed by atoms with Crippen molar-refractivity contribution in [3.05, 3.63) is 18.2 Å². The average Bonchev–Trinajstić information content (AvgIpc) is 3.36. The molecule has 1 atom stereocenters. The Hall–Kier alpha value is -2.88. The van der Waals surface area contributed by atoms with Crippen LogP contribution in [-0.4, -0.2) is 50.9 Å². The van der Waals surface area contributed by atoms with E-state index in [2.05, 4.69) is 30.8 Å². The average molecular weight is 388 g/mol. The number of aromatic nitrogens is 4. The Balaban J connectivity index is 1.73. The van der Waals surface area contributed by atoms with Crippen molar-refractivity contribution in [2.45, 2.75) is 23.9 Å². The summed E-state index contributed by atoms with van der Waals surface area (Å²) in [4.78, 5) is 9.04. The first kappa shape index (κ1) is 17.5. The zero-order valence-electron chi connectivity index (χ0n) is 15.2. The van der Waals surface area contributed by atoms with Crippen LogP contribution in [0, 0.1) is 0 Å². The fourth-order valence-corrected chi connectivity index (χ4v) is 3.38. The molecule has 2 aromatic heterocycles. The van der Waals surface area contributed by atoms with Gasteiger partial charge in [-0.05, 0) is 25.0 Å². The van der Waals surface area contributed by atoms with Gasteiger partial charge in [0.1, 0.15) is 10.8 Å². The van der Waals surface area contributed by atoms with Crippen molar-refractivity contribution in [1.29, 1.82) is 0 Å². The molecule has 3 N–H and O–H groups in total. The van der Waals surface area contributed by atoms with Crippen molar-refractivity contribution in [2.24, 2.45) is 0 Å². The van der Waals surface area contributed by atoms with Gasteiger partial charge in [-0.15, -0.1) is 0 Å². The standard InChI is InChI=1S/C17H20N6O3S/c1-25-11-7-6-10(8-12(11)26-2)19-17-20-14(18-9-4-5-9)13-15(21-17)22-23-16(13)27(3)24/h6-9H,4-5H2,1-3H3,(H3,18,19,20,21,22,23). The van der Waals surface area contributed by atoms with E-state index in [1.165, 1.54) is 0 Å². The highest BCUT2D eigenvalue weighted by molar-refractivity contribution is 7.84. The first-order valence-corrected chi connectivity index (χ1v) is 10.00. The van der Waals surface area contributed by atoms with Crippen molar-refractivity contribution in [1.82, 2.24) is 20.2 Å². The van der Waals surface area contributed by atoms with Crippen molar-refractivity contribution in [3.63, 3.8) is 0 Å². The summed E-state index contributed by atoms with van der Waals surface area (Å²) in [5.74, 6) is 2.25. The van der Waals surface area contributed by atoms with Crippen LogP contribution in [0.5, 0.6) is 11.5 Å². The summed E-state index contributed by atoms with van der Waals surface area (Å²) in [5, 5.41) is 14.7. The van der Waals surface area contributed by atoms with E-state index in [9.17, 15) is 4.21 Å². The van der Waals surface area contributed by atoms with Gasteiger partial charge in [0.05, 0.1) is 30.4 Å². The second kappa shape index (κ2) is 7.03. The number of anilines is 3. The van der Waals surface area contributed by atoms with Crippen LogP contribution >= 0.6 is 0 Å². The number of fused-ring (bicyclic) bond motifs is 1. The number of nitrogens with one attached hydrogen (secondary N) is 3. The van der Waals surface area contributed by atoms with E-state index < -0.39 is 10.8 Å². The van der Waals surface area contributed by atoms with Crippen molar-refractivity contribution in [3.8, 4) is 11.5 Å². The van der Waals surface area contributed by atoms with E-state index in [4.69, 9.17) is 9.47 Å². The second-order valence-electron chi connectivity index (χ2n) is 6.21. The monoisotopic (exact) mass is 388 g/mol. The molecule has 1 aromatic carbocycles. The summed E-state index contributed by atoms with van der Waals surface area (Å²) in [6, 6.07) is 5.83. The van der Waals surface area contributed by atoms with Crippen LogP contribution in [0.3, 0.4) is 0 Å². The maximum atomic E-state index is 12.0. The minimum Gasteiger partial charge on any atom is -0.493 e. The third-order valence-corrected chi connectivity index (χ3v) is 5.10. The molecule has 1 aliphatic rings. The number of nitrogens with zero attached hydrogens (tertiary/aromatic N) is 3. The highest BCUT2D eigenvalue weighted by atomic mass is 32.2. The number of hydrogen-bond acceptors (Lipinski definition) is 8. The molecule has 3 aromatic rings. The molecule has 0 aliphatic heterocycles. The lowest BCUT2D eigenvalue weighted by atomic mass is 10.2. The summed E-state index contributed by atoms with van der Waals surface area (Å²) in [6.45, 7) is 0. The quantitative estimate of drug-likeness (QED) is 0.565. The molecular formula is C17H20N6O3S. The largest absolute Gasteiger partial charge is 0.493 e. The number of hydrogen-bond donors (Lipinski definition) is 3. The van der Waals surface area contributed by atoms with Crippen LogP contribution in [0.4, 0.5) is 17.5 Å². The molecule has 1 aliphatic carbocycles. The van der Waals surface area contributed by atoms with Gasteiger partial charge in [-0.25, -0.2) is 0 Å².